The molecule has 1 fully saturated rings. The van der Waals surface area contributed by atoms with Crippen LogP contribution in [-0.4, -0.2) is 122 Å². The number of unbranched alkanes of at least 4 members (excludes halogenated alkanes) is 2. The van der Waals surface area contributed by atoms with E-state index in [4.69, 9.17) is 5.73 Å². The largest absolute Gasteiger partial charge is 0.387 e. The lowest BCUT2D eigenvalue weighted by Gasteiger charge is -2.41. The number of aliphatic hydroxyl groups excluding tert-OH is 1. The average Bonchev–Trinajstić information content (AvgIpc) is 3.85. The Morgan fingerprint density at radius 3 is 2.17 bits per heavy atom. The van der Waals surface area contributed by atoms with Gasteiger partial charge in [-0.2, -0.15) is 11.8 Å². The molecule has 0 saturated carbocycles. The van der Waals surface area contributed by atoms with Gasteiger partial charge in [-0.25, -0.2) is 8.78 Å². The number of thioether (sulfide) groups is 1. The molecule has 0 bridgehead atoms. The van der Waals surface area contributed by atoms with Crippen LogP contribution in [-0.2, 0) is 44.9 Å². The maximum absolute atomic E-state index is 15.1. The number of rotatable bonds is 26. The summed E-state index contributed by atoms with van der Waals surface area (Å²) in [4.78, 5) is 106. The molecule has 2 heterocycles. The second-order valence-corrected chi connectivity index (χ2v) is 21.0. The van der Waals surface area contributed by atoms with Gasteiger partial charge in [0.25, 0.3) is 0 Å². The first-order valence-corrected chi connectivity index (χ1v) is 25.1. The van der Waals surface area contributed by atoms with Crippen LogP contribution in [0.1, 0.15) is 111 Å². The number of aromatic nitrogens is 1. The summed E-state index contributed by atoms with van der Waals surface area (Å²) in [7, 11) is 0. The Hall–Kier alpha value is -6.15. The molecule has 2 aromatic carbocycles. The van der Waals surface area contributed by atoms with E-state index in [2.05, 4.69) is 21.3 Å². The second kappa shape index (κ2) is 25.8. The Bertz CT molecular complexity index is 2390. The number of benzene rings is 2. The minimum absolute atomic E-state index is 0.00712. The van der Waals surface area contributed by atoms with Crippen LogP contribution in [0.15, 0.2) is 60.8 Å². The Kier molecular flexibility index (Phi) is 20.9. The van der Waals surface area contributed by atoms with Gasteiger partial charge in [-0.3, -0.25) is 43.3 Å². The van der Waals surface area contributed by atoms with Gasteiger partial charge in [0.2, 0.25) is 47.3 Å². The summed E-state index contributed by atoms with van der Waals surface area (Å²) in [6.45, 7) is 12.1. The monoisotopic (exact) mass is 1010 g/mol. The number of nitrogens with two attached hydrogens (primary N) is 1. The van der Waals surface area contributed by atoms with Gasteiger partial charge in [-0.15, -0.1) is 0 Å². The van der Waals surface area contributed by atoms with Gasteiger partial charge in [0.05, 0.1) is 18.4 Å². The van der Waals surface area contributed by atoms with Crippen molar-refractivity contribution < 1.29 is 52.2 Å². The van der Waals surface area contributed by atoms with Crippen molar-refractivity contribution in [2.75, 3.05) is 32.5 Å². The van der Waals surface area contributed by atoms with Crippen LogP contribution in [0.4, 0.5) is 8.78 Å². The fourth-order valence-electron chi connectivity index (χ4n) is 8.51. The zero-order valence-corrected chi connectivity index (χ0v) is 42.8. The number of halogens is 2. The molecule has 1 aliphatic heterocycles. The van der Waals surface area contributed by atoms with Crippen LogP contribution in [0.25, 0.3) is 11.1 Å². The minimum Gasteiger partial charge on any atom is -0.387 e. The lowest BCUT2D eigenvalue weighted by molar-refractivity contribution is -0.140. The lowest BCUT2D eigenvalue weighted by atomic mass is 9.83. The number of likely N-dealkylation sites (tertiary alicyclic amines) is 1. The first kappa shape index (κ1) is 57.4. The zero-order chi connectivity index (χ0) is 52.8. The molecule has 0 spiro atoms. The summed E-state index contributed by atoms with van der Waals surface area (Å²) in [5, 5.41) is 20.4. The lowest BCUT2D eigenvalue weighted by Crippen LogP contribution is -2.56. The van der Waals surface area contributed by atoms with Crippen molar-refractivity contribution in [3.63, 3.8) is 0 Å². The predicted molar refractivity (Wildman–Crippen MR) is 266 cm³/mol. The van der Waals surface area contributed by atoms with E-state index in [-0.39, 0.29) is 66.9 Å². The molecule has 2 unspecified atom stereocenters. The van der Waals surface area contributed by atoms with E-state index >= 15 is 4.39 Å². The maximum atomic E-state index is 15.1. The van der Waals surface area contributed by atoms with Crippen molar-refractivity contribution in [2.45, 2.75) is 129 Å². The minimum atomic E-state index is -1.44. The van der Waals surface area contributed by atoms with Crippen molar-refractivity contribution in [3.05, 3.63) is 83.7 Å². The highest BCUT2D eigenvalue weighted by atomic mass is 32.2. The third-order valence-corrected chi connectivity index (χ3v) is 13.9. The number of hydrogen-bond donors (Lipinski definition) is 6. The first-order chi connectivity index (χ1) is 33.4. The summed E-state index contributed by atoms with van der Waals surface area (Å²) in [5.41, 5.74) is 6.63. The van der Waals surface area contributed by atoms with E-state index < -0.39 is 89.7 Å². The number of carbonyl (C=O) groups is 8. The van der Waals surface area contributed by atoms with Gasteiger partial charge in [0.1, 0.15) is 36.4 Å². The van der Waals surface area contributed by atoms with Crippen molar-refractivity contribution in [2.24, 2.45) is 17.1 Å². The molecule has 1 aromatic heterocycles. The van der Waals surface area contributed by atoms with Crippen LogP contribution in [0.3, 0.4) is 0 Å². The van der Waals surface area contributed by atoms with E-state index in [1.807, 2.05) is 75.8 Å². The van der Waals surface area contributed by atoms with E-state index in [0.29, 0.717) is 37.1 Å². The van der Waals surface area contributed by atoms with E-state index in [0.717, 1.165) is 23.8 Å². The van der Waals surface area contributed by atoms with Crippen LogP contribution < -0.4 is 27.0 Å². The molecular formula is C51H70F2N8O9S. The topological polar surface area (TPSA) is 242 Å². The summed E-state index contributed by atoms with van der Waals surface area (Å²) in [6.07, 6.45) is 4.95. The van der Waals surface area contributed by atoms with Gasteiger partial charge >= 0.3 is 0 Å². The molecule has 17 nitrogen and oxygen atoms in total. The number of carbonyl (C=O) groups excluding carboxylic acids is 8. The van der Waals surface area contributed by atoms with Crippen LogP contribution in [0, 0.1) is 23.0 Å². The molecule has 3 aromatic rings. The SMILES string of the molecule is CSC(C)(C)C1CC(=O)N(CCCCCC(=O)N[C@@H](C)C(=O)N[C@H](C)C(=O)N[C@@H](CC(N)=O)C(=O)NCCCN(C(=O)CO)C(c2cc(-c3cc(F)ccc3F)cn2Cc2ccccc2)C(C)(C)C)C1=O. The smallest absolute Gasteiger partial charge is 0.248 e. The summed E-state index contributed by atoms with van der Waals surface area (Å²) < 4.78 is 31.1. The second-order valence-electron chi connectivity index (χ2n) is 19.6. The van der Waals surface area contributed by atoms with Gasteiger partial charge in [-0.05, 0) is 88.5 Å². The zero-order valence-electron chi connectivity index (χ0n) is 41.9. The maximum Gasteiger partial charge on any atom is 0.248 e. The van der Waals surface area contributed by atoms with E-state index in [1.54, 1.807) is 24.0 Å². The molecule has 8 amide bonds. The number of amides is 8. The normalized spacial score (nSPS) is 15.6. The van der Waals surface area contributed by atoms with Gasteiger partial charge in [0.15, 0.2) is 0 Å². The summed E-state index contributed by atoms with van der Waals surface area (Å²) >= 11 is 1.54. The van der Waals surface area contributed by atoms with E-state index in [1.165, 1.54) is 23.6 Å². The fraction of sp³-hybridized carbons (Fsp3) is 0.529. The predicted octanol–water partition coefficient (Wildman–Crippen LogP) is 4.34. The molecule has 4 rings (SSSR count). The molecule has 5 atom stereocenters. The molecule has 1 aliphatic rings. The average molecular weight is 1010 g/mol. The van der Waals surface area contributed by atoms with Crippen LogP contribution in [0.5, 0.6) is 0 Å². The molecule has 1 saturated heterocycles. The number of nitrogens with one attached hydrogen (secondary N) is 4. The van der Waals surface area contributed by atoms with Gasteiger partial charge in [0, 0.05) is 66.8 Å². The quantitative estimate of drug-likeness (QED) is 0.0491. The van der Waals surface area contributed by atoms with Crippen LogP contribution >= 0.6 is 11.8 Å². The molecule has 20 heteroatoms. The van der Waals surface area contributed by atoms with Crippen LogP contribution in [0.2, 0.25) is 0 Å². The molecule has 388 valence electrons. The van der Waals surface area contributed by atoms with Crippen molar-refractivity contribution in [3.8, 4) is 11.1 Å². The summed E-state index contributed by atoms with van der Waals surface area (Å²) in [5.74, 6) is -6.24. The molecule has 71 heavy (non-hydrogen) atoms. The molecular weight excluding hydrogens is 939 g/mol. The van der Waals surface area contributed by atoms with E-state index in [9.17, 15) is 47.9 Å². The highest BCUT2D eigenvalue weighted by molar-refractivity contribution is 8.00. The van der Waals surface area contributed by atoms with Gasteiger partial charge < -0.3 is 41.6 Å². The molecule has 0 radical (unpaired) electrons. The number of imide groups is 1. The number of primary amides is 1. The first-order valence-electron chi connectivity index (χ1n) is 23.8. The highest BCUT2D eigenvalue weighted by Crippen LogP contribution is 2.41. The van der Waals surface area contributed by atoms with Crippen molar-refractivity contribution in [1.29, 1.82) is 0 Å². The Morgan fingerprint density at radius 2 is 1.54 bits per heavy atom. The summed E-state index contributed by atoms with van der Waals surface area (Å²) in [6, 6.07) is 9.86. The third-order valence-electron chi connectivity index (χ3n) is 12.6. The Labute approximate surface area is 418 Å². The van der Waals surface area contributed by atoms with Crippen molar-refractivity contribution in [1.82, 2.24) is 35.6 Å². The Morgan fingerprint density at radius 1 is 0.873 bits per heavy atom. The number of hydrogen-bond acceptors (Lipinski definition) is 10. The third kappa shape index (κ3) is 16.2. The number of aliphatic hydroxyl groups is 1. The number of nitrogens with zero attached hydrogens (tertiary/aromatic N) is 3. The highest BCUT2D eigenvalue weighted by Gasteiger charge is 2.46. The standard InChI is InChI=1S/C51H70F2N8O9S/c1-31(56-42(64)18-13-10-14-22-61-43(65)26-37(49(61)70)51(6,7)71-8)46(67)57-32(2)47(68)58-39(27-41(54)63)48(69)55-21-15-23-60(44(66)30-62)45(50(3,4)5)40-24-34(36-25-35(52)19-20-38(36)53)29-59(40)28-33-16-11-9-12-17-33/h9,11-12,16-17,19-20,24-25,29,31-32,37,39,45,62H,10,13-15,18,21-23,26-28,30H2,1-8H3,(H2,54,63)(H,55,69)(H,56,64)(H,57,67)(H,58,68)/t31-,32+,37?,39-,45?/m0/s1. The van der Waals surface area contributed by atoms with Gasteiger partial charge in [-0.1, -0.05) is 57.5 Å². The Balaban J connectivity index is 1.33. The van der Waals surface area contributed by atoms with Crippen molar-refractivity contribution >= 4 is 59.0 Å². The molecule has 7 N–H and O–H groups in total. The molecule has 0 aliphatic carbocycles. The fourth-order valence-corrected chi connectivity index (χ4v) is 8.98.